The standard InChI is InChI=1S/C22H18N4O9S/c27-20-10-5-15(24-23-14-3-6-16(7-4-14)26(32)33)12-19(20)25-36(34,35)17-8-1-13(2-9-17)11-18(21(28)29)22(30)31/h1-10,12,18,25,27H,11H2,(H,28,29)(H,30,31). The highest BCUT2D eigenvalue weighted by molar-refractivity contribution is 7.92. The van der Waals surface area contributed by atoms with Gasteiger partial charge in [0.05, 0.1) is 26.9 Å². The Morgan fingerprint density at radius 3 is 2.03 bits per heavy atom. The van der Waals surface area contributed by atoms with Gasteiger partial charge in [0, 0.05) is 12.1 Å². The van der Waals surface area contributed by atoms with E-state index in [1.165, 1.54) is 66.7 Å². The van der Waals surface area contributed by atoms with Crippen molar-refractivity contribution >= 4 is 44.7 Å². The van der Waals surface area contributed by atoms with E-state index >= 15 is 0 Å². The molecule has 0 amide bonds. The number of nitro benzene ring substituents is 1. The Kier molecular flexibility index (Phi) is 7.59. The lowest BCUT2D eigenvalue weighted by Crippen LogP contribution is -2.25. The van der Waals surface area contributed by atoms with E-state index in [-0.39, 0.29) is 28.4 Å². The Labute approximate surface area is 203 Å². The molecule has 14 heteroatoms. The molecule has 0 heterocycles. The molecule has 0 spiro atoms. The van der Waals surface area contributed by atoms with Crippen LogP contribution in [0.2, 0.25) is 0 Å². The molecule has 0 aliphatic rings. The van der Waals surface area contributed by atoms with Crippen LogP contribution in [0.1, 0.15) is 5.56 Å². The molecule has 3 aromatic rings. The molecule has 36 heavy (non-hydrogen) atoms. The number of benzene rings is 3. The monoisotopic (exact) mass is 514 g/mol. The van der Waals surface area contributed by atoms with Gasteiger partial charge in [-0.15, -0.1) is 0 Å². The Bertz CT molecular complexity index is 1420. The summed E-state index contributed by atoms with van der Waals surface area (Å²) in [5, 5.41) is 46.6. The van der Waals surface area contributed by atoms with Crippen molar-refractivity contribution in [3.63, 3.8) is 0 Å². The van der Waals surface area contributed by atoms with Gasteiger partial charge in [0.2, 0.25) is 0 Å². The largest absolute Gasteiger partial charge is 0.506 e. The van der Waals surface area contributed by atoms with Crippen LogP contribution >= 0.6 is 0 Å². The first-order valence-electron chi connectivity index (χ1n) is 10.0. The highest BCUT2D eigenvalue weighted by atomic mass is 32.2. The summed E-state index contributed by atoms with van der Waals surface area (Å²) in [5.74, 6) is -5.09. The minimum Gasteiger partial charge on any atom is -0.506 e. The number of nitrogens with one attached hydrogen (secondary N) is 1. The van der Waals surface area contributed by atoms with E-state index < -0.39 is 38.6 Å². The molecule has 0 bridgehead atoms. The number of sulfonamides is 1. The number of rotatable bonds is 10. The normalized spacial score (nSPS) is 11.5. The van der Waals surface area contributed by atoms with Gasteiger partial charge in [-0.2, -0.15) is 10.2 Å². The number of non-ortho nitro benzene ring substituents is 1. The number of azo groups is 1. The highest BCUT2D eigenvalue weighted by Gasteiger charge is 2.26. The molecule has 0 aliphatic heterocycles. The predicted octanol–water partition coefficient (Wildman–Crippen LogP) is 3.84. The van der Waals surface area contributed by atoms with E-state index in [9.17, 15) is 33.2 Å². The topological polar surface area (TPSA) is 209 Å². The van der Waals surface area contributed by atoms with Gasteiger partial charge in [-0.3, -0.25) is 24.4 Å². The van der Waals surface area contributed by atoms with Crippen molar-refractivity contribution in [1.29, 1.82) is 0 Å². The van der Waals surface area contributed by atoms with E-state index in [0.717, 1.165) is 0 Å². The van der Waals surface area contributed by atoms with Gasteiger partial charge in [0.25, 0.3) is 15.7 Å². The van der Waals surface area contributed by atoms with Gasteiger partial charge >= 0.3 is 11.9 Å². The lowest BCUT2D eigenvalue weighted by Gasteiger charge is -2.11. The molecule has 186 valence electrons. The van der Waals surface area contributed by atoms with Crippen LogP contribution in [0.15, 0.2) is 81.9 Å². The number of aliphatic carboxylic acids is 2. The van der Waals surface area contributed by atoms with E-state index in [1.807, 2.05) is 0 Å². The SMILES string of the molecule is O=C(O)C(Cc1ccc(S(=O)(=O)Nc2cc(N=Nc3ccc([N+](=O)[O-])cc3)ccc2O)cc1)C(=O)O. The van der Waals surface area contributed by atoms with E-state index in [4.69, 9.17) is 10.2 Å². The van der Waals surface area contributed by atoms with Gasteiger partial charge in [-0.05, 0) is 54.4 Å². The first-order chi connectivity index (χ1) is 17.0. The second kappa shape index (κ2) is 10.6. The van der Waals surface area contributed by atoms with E-state index in [1.54, 1.807) is 0 Å². The average Bonchev–Trinajstić information content (AvgIpc) is 2.83. The summed E-state index contributed by atoms with van der Waals surface area (Å²) in [6.07, 6.45) is -0.332. The quantitative estimate of drug-likeness (QED) is 0.102. The number of carbonyl (C=O) groups is 2. The maximum Gasteiger partial charge on any atom is 0.318 e. The third-order valence-corrected chi connectivity index (χ3v) is 6.22. The predicted molar refractivity (Wildman–Crippen MR) is 125 cm³/mol. The number of aromatic hydroxyl groups is 1. The number of anilines is 1. The van der Waals surface area contributed by atoms with Gasteiger partial charge in [0.15, 0.2) is 5.92 Å². The lowest BCUT2D eigenvalue weighted by atomic mass is 10.00. The number of hydrogen-bond acceptors (Lipinski definition) is 9. The summed E-state index contributed by atoms with van der Waals surface area (Å²) in [4.78, 5) is 32.0. The number of nitro groups is 1. The van der Waals surface area contributed by atoms with Crippen molar-refractivity contribution in [2.45, 2.75) is 11.3 Å². The molecular weight excluding hydrogens is 496 g/mol. The zero-order valence-electron chi connectivity index (χ0n) is 18.2. The number of phenols is 1. The van der Waals surface area contributed by atoms with Crippen molar-refractivity contribution in [1.82, 2.24) is 0 Å². The fraction of sp³-hybridized carbons (Fsp3) is 0.0909. The number of phenolic OH excluding ortho intramolecular Hbond substituents is 1. The first kappa shape index (κ1) is 25.8. The van der Waals surface area contributed by atoms with Crippen LogP contribution in [0.4, 0.5) is 22.7 Å². The second-order valence-electron chi connectivity index (χ2n) is 7.36. The summed E-state index contributed by atoms with van der Waals surface area (Å²) < 4.78 is 27.7. The third-order valence-electron chi connectivity index (χ3n) is 4.84. The molecule has 0 saturated heterocycles. The average molecular weight is 514 g/mol. The van der Waals surface area contributed by atoms with Crippen molar-refractivity contribution in [2.24, 2.45) is 16.1 Å². The fourth-order valence-corrected chi connectivity index (χ4v) is 4.01. The van der Waals surface area contributed by atoms with Crippen LogP contribution < -0.4 is 4.72 Å². The van der Waals surface area contributed by atoms with Gasteiger partial charge in [-0.1, -0.05) is 12.1 Å². The molecule has 3 rings (SSSR count). The number of hydrogen-bond donors (Lipinski definition) is 4. The number of carboxylic acids is 2. The first-order valence-corrected chi connectivity index (χ1v) is 11.5. The molecule has 0 aliphatic carbocycles. The zero-order chi connectivity index (χ0) is 26.5. The Balaban J connectivity index is 1.76. The Morgan fingerprint density at radius 1 is 0.917 bits per heavy atom. The molecule has 0 saturated carbocycles. The molecule has 0 fully saturated rings. The fourth-order valence-electron chi connectivity index (χ4n) is 2.95. The van der Waals surface area contributed by atoms with Crippen LogP contribution in [-0.4, -0.2) is 40.6 Å². The smallest absolute Gasteiger partial charge is 0.318 e. The number of nitrogens with zero attached hydrogens (tertiary/aromatic N) is 3. The summed E-state index contributed by atoms with van der Waals surface area (Å²) in [7, 11) is -4.19. The molecule has 0 aromatic heterocycles. The minimum absolute atomic E-state index is 0.119. The van der Waals surface area contributed by atoms with Crippen molar-refractivity contribution in [3.05, 3.63) is 82.4 Å². The van der Waals surface area contributed by atoms with Crippen LogP contribution in [-0.2, 0) is 26.0 Å². The zero-order valence-corrected chi connectivity index (χ0v) is 19.0. The second-order valence-corrected chi connectivity index (χ2v) is 9.04. The minimum atomic E-state index is -4.19. The summed E-state index contributed by atoms with van der Waals surface area (Å²) >= 11 is 0. The van der Waals surface area contributed by atoms with Gasteiger partial charge < -0.3 is 15.3 Å². The highest BCUT2D eigenvalue weighted by Crippen LogP contribution is 2.31. The summed E-state index contributed by atoms with van der Waals surface area (Å²) in [6.45, 7) is 0. The van der Waals surface area contributed by atoms with Crippen molar-refractivity contribution in [2.75, 3.05) is 4.72 Å². The van der Waals surface area contributed by atoms with Gasteiger partial charge in [0.1, 0.15) is 5.75 Å². The summed E-state index contributed by atoms with van der Waals surface area (Å²) in [5.41, 5.74) is 0.472. The Morgan fingerprint density at radius 2 is 1.47 bits per heavy atom. The van der Waals surface area contributed by atoms with Crippen molar-refractivity contribution in [3.8, 4) is 5.75 Å². The maximum absolute atomic E-state index is 12.8. The lowest BCUT2D eigenvalue weighted by molar-refractivity contribution is -0.384. The van der Waals surface area contributed by atoms with Crippen LogP contribution in [0.25, 0.3) is 0 Å². The van der Waals surface area contributed by atoms with E-state index in [2.05, 4.69) is 15.0 Å². The molecule has 4 N–H and O–H groups in total. The Hall–Kier alpha value is -4.85. The molecule has 0 atom stereocenters. The van der Waals surface area contributed by atoms with Crippen LogP contribution in [0.5, 0.6) is 5.75 Å². The summed E-state index contributed by atoms with van der Waals surface area (Å²) in [6, 6.07) is 14.0. The van der Waals surface area contributed by atoms with Crippen LogP contribution in [0, 0.1) is 16.0 Å². The van der Waals surface area contributed by atoms with Gasteiger partial charge in [-0.25, -0.2) is 8.42 Å². The van der Waals surface area contributed by atoms with E-state index in [0.29, 0.717) is 11.3 Å². The maximum atomic E-state index is 12.8. The molecule has 0 radical (unpaired) electrons. The van der Waals surface area contributed by atoms with Crippen molar-refractivity contribution < 1.29 is 38.2 Å². The van der Waals surface area contributed by atoms with Crippen LogP contribution in [0.3, 0.4) is 0 Å². The molecule has 0 unspecified atom stereocenters. The molecule has 3 aromatic carbocycles. The number of carboxylic acid groups (broad SMARTS) is 2. The third kappa shape index (κ3) is 6.38. The molecular formula is C22H18N4O9S. The molecule has 13 nitrogen and oxygen atoms in total.